The first kappa shape index (κ1) is 26.8. The Morgan fingerprint density at radius 3 is 2.31 bits per heavy atom. The fraction of sp³-hybridized carbons (Fsp3) is 0.818. The minimum absolute atomic E-state index is 0. The van der Waals surface area contributed by atoms with Gasteiger partial charge in [-0.1, -0.05) is 26.2 Å². The van der Waals surface area contributed by atoms with E-state index < -0.39 is 0 Å². The molecule has 0 atom stereocenters. The molecule has 0 aromatic carbocycles. The van der Waals surface area contributed by atoms with Crippen molar-refractivity contribution in [1.29, 1.82) is 0 Å². The maximum atomic E-state index is 12.0. The van der Waals surface area contributed by atoms with Crippen LogP contribution in [0.2, 0.25) is 0 Å². The van der Waals surface area contributed by atoms with Gasteiger partial charge in [0, 0.05) is 38.8 Å². The van der Waals surface area contributed by atoms with Gasteiger partial charge in [0.2, 0.25) is 5.91 Å². The first-order valence-corrected chi connectivity index (χ1v) is 12.0. The SMILES string of the molecule is CCCNC(=O)CN1CCC(NC(=NCc2nnc(C)n2C)NC2CCCCC2)CC1.I. The summed E-state index contributed by atoms with van der Waals surface area (Å²) in [5, 5.41) is 18.7. The Hall–Kier alpha value is -1.43. The molecule has 3 N–H and O–H groups in total. The Balaban J connectivity index is 0.00000363. The van der Waals surface area contributed by atoms with Crippen LogP contribution in [0.25, 0.3) is 0 Å². The quantitative estimate of drug-likeness (QED) is 0.256. The number of nitrogens with zero attached hydrogens (tertiary/aromatic N) is 5. The van der Waals surface area contributed by atoms with Gasteiger partial charge in [-0.2, -0.15) is 0 Å². The van der Waals surface area contributed by atoms with Gasteiger partial charge in [0.15, 0.2) is 11.8 Å². The first-order valence-electron chi connectivity index (χ1n) is 12.0. The number of halogens is 1. The molecular weight excluding hydrogens is 519 g/mol. The van der Waals surface area contributed by atoms with Gasteiger partial charge in [0.1, 0.15) is 12.4 Å². The molecule has 0 unspecified atom stereocenters. The summed E-state index contributed by atoms with van der Waals surface area (Å²) in [4.78, 5) is 19.1. The van der Waals surface area contributed by atoms with Gasteiger partial charge in [0.25, 0.3) is 0 Å². The summed E-state index contributed by atoms with van der Waals surface area (Å²) in [6.07, 6.45) is 9.30. The molecular formula is C22H41IN8O. The van der Waals surface area contributed by atoms with Gasteiger partial charge in [0.05, 0.1) is 6.54 Å². The Labute approximate surface area is 209 Å². The van der Waals surface area contributed by atoms with E-state index in [1.165, 1.54) is 32.1 Å². The van der Waals surface area contributed by atoms with Crippen molar-refractivity contribution in [3.63, 3.8) is 0 Å². The molecule has 1 aliphatic carbocycles. The maximum Gasteiger partial charge on any atom is 0.234 e. The van der Waals surface area contributed by atoms with E-state index in [9.17, 15) is 4.79 Å². The standard InChI is InChI=1S/C22H40N8O.HI/c1-4-12-23-21(31)16-30-13-10-19(11-14-30)26-22(25-18-8-6-5-7-9-18)24-15-20-28-27-17(2)29(20)3;/h18-19H,4-16H2,1-3H3,(H,23,31)(H2,24,25,26);1H. The zero-order chi connectivity index (χ0) is 22.1. The molecule has 10 heteroatoms. The molecule has 1 aromatic rings. The van der Waals surface area contributed by atoms with Gasteiger partial charge in [-0.15, -0.1) is 34.2 Å². The second kappa shape index (κ2) is 14.0. The van der Waals surface area contributed by atoms with Crippen molar-refractivity contribution in [3.8, 4) is 0 Å². The summed E-state index contributed by atoms with van der Waals surface area (Å²) in [5.74, 6) is 2.78. The summed E-state index contributed by atoms with van der Waals surface area (Å²) < 4.78 is 1.99. The summed E-state index contributed by atoms with van der Waals surface area (Å²) in [7, 11) is 1.98. The number of piperidine rings is 1. The molecule has 1 aromatic heterocycles. The summed E-state index contributed by atoms with van der Waals surface area (Å²) in [6, 6.07) is 0.856. The van der Waals surface area contributed by atoms with E-state index in [2.05, 4.69) is 38.0 Å². The number of rotatable bonds is 8. The molecule has 2 heterocycles. The van der Waals surface area contributed by atoms with Gasteiger partial charge >= 0.3 is 0 Å². The molecule has 2 aliphatic rings. The molecule has 0 radical (unpaired) electrons. The number of carbonyl (C=O) groups excluding carboxylic acids is 1. The van der Waals surface area contributed by atoms with Crippen LogP contribution in [-0.2, 0) is 18.4 Å². The van der Waals surface area contributed by atoms with Crippen molar-refractivity contribution in [1.82, 2.24) is 35.6 Å². The number of amides is 1. The predicted molar refractivity (Wildman–Crippen MR) is 138 cm³/mol. The van der Waals surface area contributed by atoms with Crippen molar-refractivity contribution in [2.75, 3.05) is 26.2 Å². The second-order valence-corrected chi connectivity index (χ2v) is 8.91. The van der Waals surface area contributed by atoms with E-state index in [1.807, 2.05) is 18.5 Å². The van der Waals surface area contributed by atoms with Crippen LogP contribution in [0.1, 0.15) is 69.9 Å². The molecule has 1 saturated heterocycles. The predicted octanol–water partition coefficient (Wildman–Crippen LogP) is 2.10. The van der Waals surface area contributed by atoms with Crippen LogP contribution in [-0.4, -0.2) is 69.8 Å². The molecule has 1 amide bonds. The van der Waals surface area contributed by atoms with Gasteiger partial charge in [-0.3, -0.25) is 9.69 Å². The van der Waals surface area contributed by atoms with Gasteiger partial charge < -0.3 is 20.5 Å². The third-order valence-electron chi connectivity index (χ3n) is 6.38. The van der Waals surface area contributed by atoms with Crippen molar-refractivity contribution in [3.05, 3.63) is 11.6 Å². The molecule has 2 fully saturated rings. The van der Waals surface area contributed by atoms with Crippen LogP contribution in [0, 0.1) is 6.92 Å². The number of aliphatic imine (C=N–C) groups is 1. The molecule has 3 rings (SSSR count). The number of carbonyl (C=O) groups is 1. The molecule has 9 nitrogen and oxygen atoms in total. The number of guanidine groups is 1. The highest BCUT2D eigenvalue weighted by atomic mass is 127. The number of aryl methyl sites for hydroxylation is 1. The lowest BCUT2D eigenvalue weighted by atomic mass is 9.95. The van der Waals surface area contributed by atoms with Gasteiger partial charge in [-0.05, 0) is 39.0 Å². The van der Waals surface area contributed by atoms with Crippen LogP contribution in [0.3, 0.4) is 0 Å². The third-order valence-corrected chi connectivity index (χ3v) is 6.38. The minimum atomic E-state index is 0. The summed E-state index contributed by atoms with van der Waals surface area (Å²) in [5.41, 5.74) is 0. The zero-order valence-electron chi connectivity index (χ0n) is 19.9. The first-order chi connectivity index (χ1) is 15.0. The van der Waals surface area contributed by atoms with E-state index >= 15 is 0 Å². The van der Waals surface area contributed by atoms with E-state index in [0.29, 0.717) is 25.2 Å². The highest BCUT2D eigenvalue weighted by molar-refractivity contribution is 14.0. The van der Waals surface area contributed by atoms with Crippen LogP contribution in [0.5, 0.6) is 0 Å². The molecule has 1 aliphatic heterocycles. The lowest BCUT2D eigenvalue weighted by molar-refractivity contribution is -0.122. The van der Waals surface area contributed by atoms with Crippen LogP contribution >= 0.6 is 24.0 Å². The molecule has 32 heavy (non-hydrogen) atoms. The minimum Gasteiger partial charge on any atom is -0.355 e. The molecule has 182 valence electrons. The number of aromatic nitrogens is 3. The summed E-state index contributed by atoms with van der Waals surface area (Å²) >= 11 is 0. The topological polar surface area (TPSA) is 99.5 Å². The average molecular weight is 561 g/mol. The fourth-order valence-corrected chi connectivity index (χ4v) is 4.26. The highest BCUT2D eigenvalue weighted by Gasteiger charge is 2.23. The van der Waals surface area contributed by atoms with Crippen molar-refractivity contribution in [2.24, 2.45) is 12.0 Å². The van der Waals surface area contributed by atoms with E-state index in [4.69, 9.17) is 4.99 Å². The fourth-order valence-electron chi connectivity index (χ4n) is 4.26. The third kappa shape index (κ3) is 8.49. The van der Waals surface area contributed by atoms with E-state index in [1.54, 1.807) is 0 Å². The number of hydrogen-bond acceptors (Lipinski definition) is 5. The lowest BCUT2D eigenvalue weighted by Gasteiger charge is -2.33. The normalized spacial score (nSPS) is 18.8. The van der Waals surface area contributed by atoms with E-state index in [0.717, 1.165) is 56.5 Å². The molecule has 0 bridgehead atoms. The van der Waals surface area contributed by atoms with Gasteiger partial charge in [-0.25, -0.2) is 4.99 Å². The van der Waals surface area contributed by atoms with Crippen molar-refractivity contribution in [2.45, 2.75) is 83.8 Å². The van der Waals surface area contributed by atoms with Crippen LogP contribution in [0.4, 0.5) is 0 Å². The summed E-state index contributed by atoms with van der Waals surface area (Å²) in [6.45, 7) is 7.65. The highest BCUT2D eigenvalue weighted by Crippen LogP contribution is 2.17. The Morgan fingerprint density at radius 1 is 1.06 bits per heavy atom. The average Bonchev–Trinajstić information content (AvgIpc) is 3.10. The monoisotopic (exact) mass is 560 g/mol. The van der Waals surface area contributed by atoms with Crippen molar-refractivity contribution >= 4 is 35.8 Å². The van der Waals surface area contributed by atoms with Crippen LogP contribution in [0.15, 0.2) is 4.99 Å². The number of nitrogens with one attached hydrogen (secondary N) is 3. The van der Waals surface area contributed by atoms with Crippen LogP contribution < -0.4 is 16.0 Å². The smallest absolute Gasteiger partial charge is 0.234 e. The molecule has 0 spiro atoms. The maximum absolute atomic E-state index is 12.0. The number of hydrogen-bond donors (Lipinski definition) is 3. The van der Waals surface area contributed by atoms with E-state index in [-0.39, 0.29) is 29.9 Å². The Bertz CT molecular complexity index is 724. The second-order valence-electron chi connectivity index (χ2n) is 8.91. The number of likely N-dealkylation sites (tertiary alicyclic amines) is 1. The molecule has 1 saturated carbocycles. The van der Waals surface area contributed by atoms with Crippen molar-refractivity contribution < 1.29 is 4.79 Å². The Kier molecular flexibility index (Phi) is 11.7. The largest absolute Gasteiger partial charge is 0.355 e. The lowest BCUT2D eigenvalue weighted by Crippen LogP contribution is -2.52. The Morgan fingerprint density at radius 2 is 1.72 bits per heavy atom. The zero-order valence-corrected chi connectivity index (χ0v) is 22.2.